The molecule has 6 aliphatic heterocycles. The van der Waals surface area contributed by atoms with Crippen molar-refractivity contribution in [1.29, 1.82) is 0 Å². The normalized spacial score (nSPS) is 38.9. The van der Waals surface area contributed by atoms with Crippen LogP contribution in [0.3, 0.4) is 0 Å². The Morgan fingerprint density at radius 1 is 0.307 bits per heavy atom. The molecule has 0 spiro atoms. The van der Waals surface area contributed by atoms with Crippen LogP contribution >= 0.6 is 0 Å². The fourth-order valence-corrected chi connectivity index (χ4v) is 11.8. The van der Waals surface area contributed by atoms with Crippen molar-refractivity contribution in [3.8, 4) is 0 Å². The topological polar surface area (TPSA) is 755 Å². The summed E-state index contributed by atoms with van der Waals surface area (Å²) in [6.07, 6.45) is -71.7. The first kappa shape index (κ1) is 94.1. The highest BCUT2D eigenvalue weighted by atomic mass is 16.7. The second kappa shape index (κ2) is 40.7. The van der Waals surface area contributed by atoms with E-state index in [-0.39, 0.29) is 0 Å². The smallest absolute Gasteiger partial charge is 0.339 e. The van der Waals surface area contributed by atoms with Crippen molar-refractivity contribution in [2.75, 3.05) is 94.5 Å². The summed E-state index contributed by atoms with van der Waals surface area (Å²) < 4.78 is 97.4. The van der Waals surface area contributed by atoms with Gasteiger partial charge in [0.2, 0.25) is 0 Å². The SMILES string of the molecule is COC[C@H](O)[C@H]1OC(=O)CC2(O)CC(=O)OC[C@@H](O)[C@H]3OC(=O)C(O)(CC(=O)OC[C@H](O)[C@H]4OC(=O)C(O)(CC(=O)OC[C@H](O)[C@H]3O)CC(=O)O[C@H](COC)[C@H]4O)CC(=O)O[C@@H]([C@@H]3OC(=O)C(O)(CC(=O)OC[C@@H](O)[C@H]1O)CC(=O)OC[C@H](O)[C@H]1OC(=O)C(O)(CC(=O)OC[C@H]3O)CC(=O)OC[C@@H](OC)[C@H]1OC)[C@@H](O)COC2=O. The van der Waals surface area contributed by atoms with Gasteiger partial charge in [0.25, 0.3) is 0 Å². The molecule has 16 N–H and O–H groups in total. The van der Waals surface area contributed by atoms with Crippen molar-refractivity contribution in [2.45, 2.75) is 214 Å². The van der Waals surface area contributed by atoms with Crippen LogP contribution in [0, 0.1) is 0 Å². The summed E-state index contributed by atoms with van der Waals surface area (Å²) in [7, 11) is 3.85. The molecule has 25 atom stereocenters. The lowest BCUT2D eigenvalue weighted by atomic mass is 9.93. The highest BCUT2D eigenvalue weighted by molar-refractivity contribution is 5.94. The predicted octanol–water partition coefficient (Wildman–Crippen LogP) is -14.4. The Kier molecular flexibility index (Phi) is 33.6. The number of carbonyl (C=O) groups is 15. The Morgan fingerprint density at radius 3 is 0.974 bits per heavy atom. The van der Waals surface area contributed by atoms with Crippen LogP contribution in [0.4, 0.5) is 0 Å². The number of carbonyl (C=O) groups excluding carboxylic acids is 15. The van der Waals surface area contributed by atoms with Crippen LogP contribution in [0.15, 0.2) is 0 Å². The standard InChI is InChI=1S/C64H88O50/c1-96-15-27(67)48-45(83)25(65)16-100-36(74)6-61(92)7-39(77)105-21-31(71)53-54(99-4)34(98-3)24-106-41(79)11-62(93,59(90)114-53)8-38(76)104-20-30(70)52(113-58(61)89)51-32(72)22-107-55(86)60(91,13-43(81)109-48)5-35(73)102-18-28(68)49-46(84)26(66)17-101-37(75)9-63(94)12-42(80)108-33(23-97-2)47(85)50(112-57(63)88)29(69)19-103-40(78)10-64(95,56(87)111-49)14-44(82)110-51/h25-34,45-54,65-72,83-85,91-95H,5-24H2,1-4H3/t25-,26+,27+,28-,29+,30-,31+,32+,33-,34-,45-,46-,47-,48-,49-,50-,51-,52-,53-,54-,60?,61?,62?,63?,64?/m1/s1. The molecule has 0 amide bonds. The van der Waals surface area contributed by atoms with Crippen molar-refractivity contribution in [3.05, 3.63) is 0 Å². The zero-order valence-electron chi connectivity index (χ0n) is 60.7. The van der Waals surface area contributed by atoms with Gasteiger partial charge in [-0.2, -0.15) is 0 Å². The fraction of sp³-hybridized carbons (Fsp3) is 0.766. The van der Waals surface area contributed by atoms with Gasteiger partial charge in [-0.15, -0.1) is 0 Å². The average Bonchev–Trinajstić information content (AvgIpc) is 1.30. The molecule has 0 aromatic carbocycles. The van der Waals surface area contributed by atoms with Crippen LogP contribution in [0.2, 0.25) is 0 Å². The molecule has 10 bridgehead atoms. The van der Waals surface area contributed by atoms with Crippen LogP contribution in [0.1, 0.15) is 64.2 Å². The van der Waals surface area contributed by atoms with E-state index in [9.17, 15) is 149 Å². The molecule has 6 fully saturated rings. The number of esters is 15. The lowest BCUT2D eigenvalue weighted by molar-refractivity contribution is -0.218. The Labute approximate surface area is 640 Å². The first-order valence-corrected chi connectivity index (χ1v) is 34.1. The van der Waals surface area contributed by atoms with Crippen molar-refractivity contribution < 1.29 is 244 Å². The largest absolute Gasteiger partial charge is 0.463 e. The molecule has 0 radical (unpaired) electrons. The van der Waals surface area contributed by atoms with Crippen LogP contribution in [0.5, 0.6) is 0 Å². The Morgan fingerprint density at radius 2 is 0.596 bits per heavy atom. The molecular formula is C64H88O50. The number of hydrogen-bond donors (Lipinski definition) is 16. The van der Waals surface area contributed by atoms with Gasteiger partial charge < -0.3 is 172 Å². The molecule has 644 valence electrons. The predicted molar refractivity (Wildman–Crippen MR) is 339 cm³/mol. The molecule has 50 heteroatoms. The Balaban J connectivity index is 1.60. The number of fused-ring (bicyclic) bond motifs is 18. The first-order valence-electron chi connectivity index (χ1n) is 34.1. The molecule has 114 heavy (non-hydrogen) atoms. The maximum absolute atomic E-state index is 15.0. The molecule has 6 saturated heterocycles. The lowest BCUT2D eigenvalue weighted by Gasteiger charge is -2.37. The van der Waals surface area contributed by atoms with Crippen molar-refractivity contribution >= 4 is 89.5 Å². The molecule has 6 aliphatic rings. The molecule has 6 rings (SSSR count). The van der Waals surface area contributed by atoms with Gasteiger partial charge >= 0.3 is 89.5 Å². The molecule has 0 aliphatic carbocycles. The second-order valence-electron chi connectivity index (χ2n) is 27.1. The number of cyclic esters (lactones) is 9. The van der Waals surface area contributed by atoms with E-state index in [1.807, 2.05) is 0 Å². The summed E-state index contributed by atoms with van der Waals surface area (Å²) in [4.78, 5) is 211. The van der Waals surface area contributed by atoms with E-state index in [2.05, 4.69) is 0 Å². The van der Waals surface area contributed by atoms with Crippen molar-refractivity contribution in [3.63, 3.8) is 0 Å². The minimum absolute atomic E-state index is 0.805. The highest BCUT2D eigenvalue weighted by Crippen LogP contribution is 2.34. The minimum Gasteiger partial charge on any atom is -0.463 e. The van der Waals surface area contributed by atoms with Crippen molar-refractivity contribution in [1.82, 2.24) is 0 Å². The van der Waals surface area contributed by atoms with Crippen LogP contribution < -0.4 is 0 Å². The molecular weight excluding hydrogens is 1570 g/mol. The van der Waals surface area contributed by atoms with Gasteiger partial charge in [-0.3, -0.25) is 47.9 Å². The highest BCUT2D eigenvalue weighted by Gasteiger charge is 2.57. The number of methoxy groups -OCH3 is 4. The molecule has 5 unspecified atom stereocenters. The van der Waals surface area contributed by atoms with Crippen LogP contribution in [-0.2, 0) is 162 Å². The lowest BCUT2D eigenvalue weighted by Crippen LogP contribution is -2.57. The molecule has 0 aromatic rings. The number of aliphatic hydroxyl groups is 16. The van der Waals surface area contributed by atoms with Gasteiger partial charge in [0, 0.05) is 28.4 Å². The molecule has 50 nitrogen and oxygen atoms in total. The van der Waals surface area contributed by atoms with Gasteiger partial charge in [-0.1, -0.05) is 0 Å². The zero-order chi connectivity index (χ0) is 85.3. The minimum atomic E-state index is -4.15. The van der Waals surface area contributed by atoms with E-state index in [4.69, 9.17) is 90.0 Å². The van der Waals surface area contributed by atoms with Gasteiger partial charge in [-0.05, 0) is 0 Å². The van der Waals surface area contributed by atoms with E-state index in [1.165, 1.54) is 0 Å². The van der Waals surface area contributed by atoms with Gasteiger partial charge in [0.1, 0.15) is 132 Å². The third kappa shape index (κ3) is 24.7. The quantitative estimate of drug-likeness (QED) is 0.0831. The zero-order valence-corrected chi connectivity index (χ0v) is 60.7. The summed E-state index contributed by atoms with van der Waals surface area (Å²) in [5, 5.41) is 187. The molecule has 0 aromatic heterocycles. The van der Waals surface area contributed by atoms with Gasteiger partial charge in [0.15, 0.2) is 70.7 Å². The van der Waals surface area contributed by atoms with Crippen LogP contribution in [0.25, 0.3) is 0 Å². The Hall–Kier alpha value is -8.75. The summed E-state index contributed by atoms with van der Waals surface area (Å²) in [6.45, 7) is -14.6. The van der Waals surface area contributed by atoms with E-state index < -0.39 is 370 Å². The van der Waals surface area contributed by atoms with E-state index in [0.717, 1.165) is 28.4 Å². The van der Waals surface area contributed by atoms with E-state index in [0.29, 0.717) is 0 Å². The monoisotopic (exact) mass is 1660 g/mol. The summed E-state index contributed by atoms with van der Waals surface area (Å²) in [5.41, 5.74) is -18.9. The molecule has 0 saturated carbocycles. The fourth-order valence-electron chi connectivity index (χ4n) is 11.8. The first-order chi connectivity index (χ1) is 53.3. The number of ether oxygens (including phenoxy) is 19. The average molecular weight is 1660 g/mol. The third-order valence-electron chi connectivity index (χ3n) is 18.1. The van der Waals surface area contributed by atoms with E-state index in [1.54, 1.807) is 0 Å². The van der Waals surface area contributed by atoms with E-state index >= 15 is 4.79 Å². The number of rotatable bonds is 7. The second-order valence-corrected chi connectivity index (χ2v) is 27.1. The van der Waals surface area contributed by atoms with Gasteiger partial charge in [0.05, 0.1) is 77.4 Å². The maximum Gasteiger partial charge on any atom is 0.339 e. The summed E-state index contributed by atoms with van der Waals surface area (Å²) >= 11 is 0. The summed E-state index contributed by atoms with van der Waals surface area (Å²) in [6, 6.07) is 0. The molecule has 6 heterocycles. The maximum atomic E-state index is 15.0. The van der Waals surface area contributed by atoms with Gasteiger partial charge in [-0.25, -0.2) is 24.0 Å². The third-order valence-corrected chi connectivity index (χ3v) is 18.1. The summed E-state index contributed by atoms with van der Waals surface area (Å²) in [5.74, 6) is -30.7. The van der Waals surface area contributed by atoms with Crippen molar-refractivity contribution in [2.24, 2.45) is 0 Å². The van der Waals surface area contributed by atoms with Crippen LogP contribution in [-0.4, -0.2) is 416 Å². The number of hydrogen-bond acceptors (Lipinski definition) is 50. The Bertz CT molecular complexity index is 3460. The number of aliphatic hydroxyl groups excluding tert-OH is 11.